The van der Waals surface area contributed by atoms with Crippen LogP contribution < -0.4 is 15.0 Å². The molecule has 1 saturated heterocycles. The lowest BCUT2D eigenvalue weighted by Crippen LogP contribution is -2.30. The molecule has 1 fully saturated rings. The van der Waals surface area contributed by atoms with Gasteiger partial charge in [0.05, 0.1) is 11.2 Å². The Morgan fingerprint density at radius 3 is 2.54 bits per heavy atom. The lowest BCUT2D eigenvalue weighted by Gasteiger charge is -2.21. The SMILES string of the molecule is Cc1nc(N2CCCN(C)CC2)nc2ccc(NC(=O)/C=C/c3ccc(OC(F)(F)F)cc3)nc12. The second-order valence-corrected chi connectivity index (χ2v) is 8.26. The number of hydrogen-bond donors (Lipinski definition) is 1. The maximum Gasteiger partial charge on any atom is 0.573 e. The zero-order valence-corrected chi connectivity index (χ0v) is 19.3. The second kappa shape index (κ2) is 10.3. The Morgan fingerprint density at radius 1 is 1.03 bits per heavy atom. The van der Waals surface area contributed by atoms with Crippen molar-refractivity contribution in [1.82, 2.24) is 19.9 Å². The van der Waals surface area contributed by atoms with E-state index in [0.717, 1.165) is 38.3 Å². The van der Waals surface area contributed by atoms with Crippen LogP contribution in [0.4, 0.5) is 24.9 Å². The molecule has 1 amide bonds. The van der Waals surface area contributed by atoms with Gasteiger partial charge in [-0.3, -0.25) is 4.79 Å². The van der Waals surface area contributed by atoms with Gasteiger partial charge >= 0.3 is 6.36 Å². The van der Waals surface area contributed by atoms with E-state index in [-0.39, 0.29) is 5.75 Å². The lowest BCUT2D eigenvalue weighted by molar-refractivity contribution is -0.274. The summed E-state index contributed by atoms with van der Waals surface area (Å²) in [6, 6.07) is 8.65. The number of anilines is 2. The number of amides is 1. The number of nitrogens with one attached hydrogen (secondary N) is 1. The van der Waals surface area contributed by atoms with Gasteiger partial charge in [-0.15, -0.1) is 13.2 Å². The molecule has 0 aliphatic carbocycles. The number of aromatic nitrogens is 3. The van der Waals surface area contributed by atoms with Crippen molar-refractivity contribution in [3.63, 3.8) is 0 Å². The molecule has 0 spiro atoms. The first kappa shape index (κ1) is 24.4. The van der Waals surface area contributed by atoms with Crippen LogP contribution in [0.1, 0.15) is 17.7 Å². The maximum absolute atomic E-state index is 12.3. The predicted molar refractivity (Wildman–Crippen MR) is 127 cm³/mol. The Morgan fingerprint density at radius 2 is 1.80 bits per heavy atom. The van der Waals surface area contributed by atoms with E-state index in [4.69, 9.17) is 0 Å². The zero-order chi connectivity index (χ0) is 25.0. The number of alkyl halides is 3. The summed E-state index contributed by atoms with van der Waals surface area (Å²) in [4.78, 5) is 30.6. The summed E-state index contributed by atoms with van der Waals surface area (Å²) in [5.41, 5.74) is 2.55. The van der Waals surface area contributed by atoms with Gasteiger partial charge in [0, 0.05) is 25.7 Å². The van der Waals surface area contributed by atoms with Crippen molar-refractivity contribution in [2.24, 2.45) is 0 Å². The fraction of sp³-hybridized carbons (Fsp3) is 0.333. The molecule has 2 aromatic heterocycles. The Kier molecular flexibility index (Phi) is 7.15. The molecule has 1 aliphatic heterocycles. The molecule has 1 N–H and O–H groups in total. The zero-order valence-electron chi connectivity index (χ0n) is 19.3. The van der Waals surface area contributed by atoms with E-state index in [1.807, 2.05) is 6.92 Å². The Balaban J connectivity index is 1.42. The molecule has 11 heteroatoms. The van der Waals surface area contributed by atoms with Crippen LogP contribution in [-0.2, 0) is 4.79 Å². The minimum Gasteiger partial charge on any atom is -0.406 e. The average molecular weight is 486 g/mol. The minimum atomic E-state index is -4.75. The van der Waals surface area contributed by atoms with Crippen molar-refractivity contribution in [2.45, 2.75) is 19.7 Å². The summed E-state index contributed by atoms with van der Waals surface area (Å²) in [7, 11) is 2.11. The molecule has 0 saturated carbocycles. The number of rotatable bonds is 5. The number of benzene rings is 1. The topological polar surface area (TPSA) is 83.5 Å². The van der Waals surface area contributed by atoms with Crippen molar-refractivity contribution < 1.29 is 22.7 Å². The van der Waals surface area contributed by atoms with Crippen LogP contribution in [0.25, 0.3) is 17.1 Å². The molecule has 1 aliphatic rings. The van der Waals surface area contributed by atoms with Crippen LogP contribution in [0, 0.1) is 6.92 Å². The number of fused-ring (bicyclic) bond motifs is 1. The Hall–Kier alpha value is -3.73. The summed E-state index contributed by atoms with van der Waals surface area (Å²) in [6.45, 7) is 5.60. The fourth-order valence-electron chi connectivity index (χ4n) is 3.72. The van der Waals surface area contributed by atoms with Gasteiger partial charge in [0.2, 0.25) is 11.9 Å². The average Bonchev–Trinajstić information content (AvgIpc) is 3.02. The molecule has 8 nitrogen and oxygen atoms in total. The normalized spacial score (nSPS) is 15.4. The van der Waals surface area contributed by atoms with Crippen molar-refractivity contribution in [1.29, 1.82) is 0 Å². The highest BCUT2D eigenvalue weighted by atomic mass is 19.4. The van der Waals surface area contributed by atoms with E-state index in [9.17, 15) is 18.0 Å². The third-order valence-electron chi connectivity index (χ3n) is 5.50. The molecule has 3 heterocycles. The number of ether oxygens (including phenoxy) is 1. The van der Waals surface area contributed by atoms with Crippen molar-refractivity contribution in [3.05, 3.63) is 53.7 Å². The largest absolute Gasteiger partial charge is 0.573 e. The smallest absolute Gasteiger partial charge is 0.406 e. The summed E-state index contributed by atoms with van der Waals surface area (Å²) in [5.74, 6) is 0.259. The molecule has 184 valence electrons. The van der Waals surface area contributed by atoms with Gasteiger partial charge in [0.25, 0.3) is 0 Å². The number of hydrogen-bond acceptors (Lipinski definition) is 7. The molecule has 0 atom stereocenters. The fourth-order valence-corrected chi connectivity index (χ4v) is 3.72. The van der Waals surface area contributed by atoms with Crippen LogP contribution in [0.15, 0.2) is 42.5 Å². The molecule has 0 bridgehead atoms. The quantitative estimate of drug-likeness (QED) is 0.546. The highest BCUT2D eigenvalue weighted by molar-refractivity contribution is 6.01. The van der Waals surface area contributed by atoms with E-state index in [1.54, 1.807) is 12.1 Å². The van der Waals surface area contributed by atoms with Crippen LogP contribution in [0.5, 0.6) is 5.75 Å². The van der Waals surface area contributed by atoms with Crippen LogP contribution in [0.2, 0.25) is 0 Å². The van der Waals surface area contributed by atoms with Crippen LogP contribution in [-0.4, -0.2) is 65.3 Å². The summed E-state index contributed by atoms with van der Waals surface area (Å²) in [5, 5.41) is 2.68. The number of aryl methyl sites for hydroxylation is 1. The summed E-state index contributed by atoms with van der Waals surface area (Å²) in [6.07, 6.45) is -0.959. The van der Waals surface area contributed by atoms with Gasteiger partial charge < -0.3 is 19.9 Å². The van der Waals surface area contributed by atoms with Gasteiger partial charge in [-0.1, -0.05) is 12.1 Å². The van der Waals surface area contributed by atoms with E-state index in [1.165, 1.54) is 36.4 Å². The number of likely N-dealkylation sites (N-methyl/N-ethyl adjacent to an activating group) is 1. The van der Waals surface area contributed by atoms with Crippen LogP contribution in [0.3, 0.4) is 0 Å². The van der Waals surface area contributed by atoms with E-state index in [2.05, 4.69) is 41.9 Å². The molecule has 1 aromatic carbocycles. The predicted octanol–water partition coefficient (Wildman–Crippen LogP) is 4.03. The van der Waals surface area contributed by atoms with Gasteiger partial charge in [-0.05, 0) is 62.8 Å². The monoisotopic (exact) mass is 486 g/mol. The van der Waals surface area contributed by atoms with Crippen molar-refractivity contribution >= 4 is 34.8 Å². The van der Waals surface area contributed by atoms with Gasteiger partial charge in [-0.2, -0.15) is 0 Å². The number of pyridine rings is 1. The van der Waals surface area contributed by atoms with E-state index < -0.39 is 12.3 Å². The molecule has 4 rings (SSSR count). The first-order valence-electron chi connectivity index (χ1n) is 11.1. The molecule has 3 aromatic rings. The Bertz CT molecular complexity index is 1230. The maximum atomic E-state index is 12.3. The molecular weight excluding hydrogens is 461 g/mol. The third-order valence-corrected chi connectivity index (χ3v) is 5.50. The number of carbonyl (C=O) groups excluding carboxylic acids is 1. The molecular formula is C24H25F3N6O2. The number of carbonyl (C=O) groups is 1. The van der Waals surface area contributed by atoms with E-state index >= 15 is 0 Å². The van der Waals surface area contributed by atoms with Crippen molar-refractivity contribution in [3.8, 4) is 5.75 Å². The van der Waals surface area contributed by atoms with Gasteiger partial charge in [-0.25, -0.2) is 15.0 Å². The number of halogens is 3. The highest BCUT2D eigenvalue weighted by Crippen LogP contribution is 2.23. The Labute approximate surface area is 200 Å². The van der Waals surface area contributed by atoms with Gasteiger partial charge in [0.15, 0.2) is 0 Å². The minimum absolute atomic E-state index is 0.330. The first-order chi connectivity index (χ1) is 16.7. The lowest BCUT2D eigenvalue weighted by atomic mass is 10.2. The molecule has 0 unspecified atom stereocenters. The van der Waals surface area contributed by atoms with Crippen molar-refractivity contribution in [2.75, 3.05) is 43.4 Å². The third kappa shape index (κ3) is 6.66. The molecule has 35 heavy (non-hydrogen) atoms. The van der Waals surface area contributed by atoms with Crippen LogP contribution >= 0.6 is 0 Å². The number of nitrogens with zero attached hydrogens (tertiary/aromatic N) is 5. The first-order valence-corrected chi connectivity index (χ1v) is 11.1. The summed E-state index contributed by atoms with van der Waals surface area (Å²) >= 11 is 0. The molecule has 0 radical (unpaired) electrons. The second-order valence-electron chi connectivity index (χ2n) is 8.26. The van der Waals surface area contributed by atoms with Gasteiger partial charge in [0.1, 0.15) is 17.1 Å². The standard InChI is InChI=1S/C24H25F3N6O2/c1-16-22-19(29-23(28-16)33-13-3-12-32(2)14-15-33)9-10-20(31-22)30-21(34)11-6-17-4-7-18(8-5-17)35-24(25,26)27/h4-11H,3,12-15H2,1-2H3,(H,30,31,34)/b11-6+. The summed E-state index contributed by atoms with van der Waals surface area (Å²) < 4.78 is 40.6. The highest BCUT2D eigenvalue weighted by Gasteiger charge is 2.30. The van der Waals surface area contributed by atoms with E-state index in [0.29, 0.717) is 28.4 Å².